The number of alkyl halides is 2. The van der Waals surface area contributed by atoms with Crippen LogP contribution in [0, 0.1) is 11.8 Å². The second kappa shape index (κ2) is 3.50. The fourth-order valence-electron chi connectivity index (χ4n) is 2.38. The number of halogens is 2. The van der Waals surface area contributed by atoms with Crippen LogP contribution in [0.1, 0.15) is 19.3 Å². The molecule has 0 radical (unpaired) electrons. The molecule has 2 aliphatic rings. The van der Waals surface area contributed by atoms with Crippen LogP contribution in [0.15, 0.2) is 12.2 Å². The molecule has 0 amide bonds. The van der Waals surface area contributed by atoms with Crippen LogP contribution in [0.5, 0.6) is 0 Å². The Morgan fingerprint density at radius 2 is 2.38 bits per heavy atom. The summed E-state index contributed by atoms with van der Waals surface area (Å²) in [6.07, 6.45) is 7.33. The Balaban J connectivity index is 2.06. The van der Waals surface area contributed by atoms with Crippen LogP contribution in [0.2, 0.25) is 0 Å². The van der Waals surface area contributed by atoms with Crippen LogP contribution < -0.4 is 0 Å². The lowest BCUT2D eigenvalue weighted by Crippen LogP contribution is -2.57. The molecule has 2 aliphatic carbocycles. The lowest BCUT2D eigenvalue weighted by Gasteiger charge is -2.46. The molecule has 1 nitrogen and oxygen atoms in total. The topological polar surface area (TPSA) is 17.1 Å². The van der Waals surface area contributed by atoms with Gasteiger partial charge in [-0.2, -0.15) is 0 Å². The number of carbonyl (C=O) groups is 1. The Morgan fingerprint density at radius 1 is 1.62 bits per heavy atom. The van der Waals surface area contributed by atoms with Crippen molar-refractivity contribution in [3.05, 3.63) is 12.2 Å². The van der Waals surface area contributed by atoms with Gasteiger partial charge in [-0.15, -0.1) is 0 Å². The average molecular weight is 308 g/mol. The van der Waals surface area contributed by atoms with E-state index >= 15 is 0 Å². The molecule has 0 spiro atoms. The second-order valence-electron chi connectivity index (χ2n) is 3.82. The minimum Gasteiger partial charge on any atom is -0.298 e. The van der Waals surface area contributed by atoms with Crippen molar-refractivity contribution in [3.63, 3.8) is 0 Å². The molecular formula is C10H12Br2O. The summed E-state index contributed by atoms with van der Waals surface area (Å²) in [5, 5.41) is 0.981. The highest BCUT2D eigenvalue weighted by Gasteiger charge is 2.59. The summed E-state index contributed by atoms with van der Waals surface area (Å²) in [7, 11) is 0. The van der Waals surface area contributed by atoms with E-state index in [-0.39, 0.29) is 4.32 Å². The Hall–Kier alpha value is 0.370. The largest absolute Gasteiger partial charge is 0.298 e. The Morgan fingerprint density at radius 3 is 3.08 bits per heavy atom. The third kappa shape index (κ3) is 1.35. The molecule has 0 aromatic carbocycles. The summed E-state index contributed by atoms with van der Waals surface area (Å²) in [5.74, 6) is 1.19. The Kier molecular flexibility index (Phi) is 2.67. The number of carbonyl (C=O) groups excluding carboxylic acids is 1. The minimum atomic E-state index is -0.210. The molecule has 13 heavy (non-hydrogen) atoms. The molecule has 1 fully saturated rings. The third-order valence-electron chi connectivity index (χ3n) is 3.12. The molecule has 0 saturated heterocycles. The van der Waals surface area contributed by atoms with Crippen molar-refractivity contribution in [2.24, 2.45) is 11.8 Å². The molecular weight excluding hydrogens is 296 g/mol. The summed E-state index contributed by atoms with van der Waals surface area (Å²) in [5.41, 5.74) is 0. The van der Waals surface area contributed by atoms with Crippen LogP contribution >= 0.6 is 31.9 Å². The van der Waals surface area contributed by atoms with Crippen LogP contribution in [0.4, 0.5) is 0 Å². The van der Waals surface area contributed by atoms with Gasteiger partial charge in [0.25, 0.3) is 0 Å². The summed E-state index contributed by atoms with van der Waals surface area (Å²) in [6, 6.07) is 0. The van der Waals surface area contributed by atoms with E-state index < -0.39 is 0 Å². The SMILES string of the molecule is O=C1[C@H]2CC=C[C@H]2[C@]1(Br)CCCBr. The number of hydrogen-bond acceptors (Lipinski definition) is 1. The zero-order valence-corrected chi connectivity index (χ0v) is 10.5. The molecule has 0 aromatic rings. The highest BCUT2D eigenvalue weighted by atomic mass is 79.9. The lowest BCUT2D eigenvalue weighted by atomic mass is 9.63. The van der Waals surface area contributed by atoms with E-state index in [1.165, 1.54) is 0 Å². The van der Waals surface area contributed by atoms with Gasteiger partial charge in [-0.1, -0.05) is 44.0 Å². The van der Waals surface area contributed by atoms with Crippen molar-refractivity contribution >= 4 is 37.6 Å². The van der Waals surface area contributed by atoms with Gasteiger partial charge in [-0.25, -0.2) is 0 Å². The normalized spacial score (nSPS) is 41.8. The van der Waals surface area contributed by atoms with Gasteiger partial charge in [0.1, 0.15) is 0 Å². The highest BCUT2D eigenvalue weighted by Crippen LogP contribution is 2.54. The number of Topliss-reactive ketones (excluding diaryl/α,β-unsaturated/α-hetero) is 1. The maximum atomic E-state index is 11.8. The first kappa shape index (κ1) is 9.91. The molecule has 0 N–H and O–H groups in total. The van der Waals surface area contributed by atoms with Gasteiger partial charge in [0.15, 0.2) is 5.78 Å². The molecule has 0 unspecified atom stereocenters. The van der Waals surface area contributed by atoms with Gasteiger partial charge in [-0.05, 0) is 19.3 Å². The van der Waals surface area contributed by atoms with Gasteiger partial charge in [0.2, 0.25) is 0 Å². The van der Waals surface area contributed by atoms with Crippen molar-refractivity contribution in [1.82, 2.24) is 0 Å². The first-order valence-corrected chi connectivity index (χ1v) is 6.57. The predicted molar refractivity (Wildman–Crippen MR) is 60.4 cm³/mol. The van der Waals surface area contributed by atoms with Crippen LogP contribution in [0.25, 0.3) is 0 Å². The van der Waals surface area contributed by atoms with Gasteiger partial charge >= 0.3 is 0 Å². The second-order valence-corrected chi connectivity index (χ2v) is 6.02. The molecule has 2 rings (SSSR count). The standard InChI is InChI=1S/C10H12Br2O/c11-6-2-5-10(12)8-4-1-3-7(8)9(10)13/h1,4,7-8H,2-3,5-6H2/t7-,8+,10+/m0/s1. The van der Waals surface area contributed by atoms with Crippen LogP contribution in [-0.2, 0) is 4.79 Å². The van der Waals surface area contributed by atoms with Crippen molar-refractivity contribution < 1.29 is 4.79 Å². The molecule has 0 aromatic heterocycles. The number of fused-ring (bicyclic) bond motifs is 1. The van der Waals surface area contributed by atoms with Gasteiger partial charge < -0.3 is 0 Å². The minimum absolute atomic E-state index is 0.210. The van der Waals surface area contributed by atoms with E-state index in [1.807, 2.05) is 0 Å². The van der Waals surface area contributed by atoms with Crippen molar-refractivity contribution in [2.45, 2.75) is 23.6 Å². The summed E-state index contributed by atoms with van der Waals surface area (Å²) in [6.45, 7) is 0. The Labute approximate surface area is 95.2 Å². The molecule has 0 heterocycles. The molecule has 0 aliphatic heterocycles. The van der Waals surface area contributed by atoms with E-state index in [0.717, 1.165) is 24.6 Å². The summed E-state index contributed by atoms with van der Waals surface area (Å²) in [4.78, 5) is 11.8. The fraction of sp³-hybridized carbons (Fsp3) is 0.700. The first-order chi connectivity index (χ1) is 6.20. The van der Waals surface area contributed by atoms with E-state index in [0.29, 0.717) is 17.6 Å². The molecule has 0 bridgehead atoms. The molecule has 3 atom stereocenters. The third-order valence-corrected chi connectivity index (χ3v) is 4.99. The van der Waals surface area contributed by atoms with Crippen LogP contribution in [0.3, 0.4) is 0 Å². The van der Waals surface area contributed by atoms with Gasteiger partial charge in [0.05, 0.1) is 4.32 Å². The summed E-state index contributed by atoms with van der Waals surface area (Å²) < 4.78 is -0.210. The molecule has 3 heteroatoms. The number of allylic oxidation sites excluding steroid dienone is 2. The molecule has 1 saturated carbocycles. The van der Waals surface area contributed by atoms with Crippen molar-refractivity contribution in [2.75, 3.05) is 5.33 Å². The van der Waals surface area contributed by atoms with Gasteiger partial charge in [0, 0.05) is 17.2 Å². The van der Waals surface area contributed by atoms with E-state index in [9.17, 15) is 4.79 Å². The maximum absolute atomic E-state index is 11.8. The lowest BCUT2D eigenvalue weighted by molar-refractivity contribution is -0.136. The number of ketones is 1. The summed E-state index contributed by atoms with van der Waals surface area (Å²) >= 11 is 7.02. The van der Waals surface area contributed by atoms with E-state index in [2.05, 4.69) is 44.0 Å². The highest BCUT2D eigenvalue weighted by molar-refractivity contribution is 9.10. The monoisotopic (exact) mass is 306 g/mol. The van der Waals surface area contributed by atoms with Gasteiger partial charge in [-0.3, -0.25) is 4.79 Å². The fourth-order valence-corrected chi connectivity index (χ4v) is 3.71. The maximum Gasteiger partial charge on any atom is 0.154 e. The first-order valence-electron chi connectivity index (χ1n) is 4.66. The van der Waals surface area contributed by atoms with Crippen molar-refractivity contribution in [3.8, 4) is 0 Å². The van der Waals surface area contributed by atoms with Crippen molar-refractivity contribution in [1.29, 1.82) is 0 Å². The molecule has 72 valence electrons. The van der Waals surface area contributed by atoms with E-state index in [4.69, 9.17) is 0 Å². The Bertz CT molecular complexity index is 262. The zero-order valence-electron chi connectivity index (χ0n) is 7.30. The average Bonchev–Trinajstić information content (AvgIpc) is 2.59. The number of hydrogen-bond donors (Lipinski definition) is 0. The van der Waals surface area contributed by atoms with Crippen LogP contribution in [-0.4, -0.2) is 15.4 Å². The van der Waals surface area contributed by atoms with E-state index in [1.54, 1.807) is 0 Å². The predicted octanol–water partition coefficient (Wildman–Crippen LogP) is 3.07. The smallest absolute Gasteiger partial charge is 0.154 e. The quantitative estimate of drug-likeness (QED) is 0.578. The number of rotatable bonds is 3. The zero-order chi connectivity index (χ0) is 9.47.